The Balaban J connectivity index is 1.52. The maximum absolute atomic E-state index is 13.4. The van der Waals surface area contributed by atoms with Gasteiger partial charge in [0.2, 0.25) is 0 Å². The number of nitrogens with zero attached hydrogens (tertiary/aromatic N) is 3. The highest BCUT2D eigenvalue weighted by molar-refractivity contribution is 9.10. The molecular formula is C25H20BrN3O3. The predicted octanol–water partition coefficient (Wildman–Crippen LogP) is 4.36. The van der Waals surface area contributed by atoms with E-state index >= 15 is 0 Å². The Morgan fingerprint density at radius 3 is 2.59 bits per heavy atom. The molecule has 0 N–H and O–H groups in total. The summed E-state index contributed by atoms with van der Waals surface area (Å²) in [5.41, 5.74) is 2.97. The van der Waals surface area contributed by atoms with Gasteiger partial charge in [-0.1, -0.05) is 28.1 Å². The summed E-state index contributed by atoms with van der Waals surface area (Å²) in [6.07, 6.45) is 0.451. The van der Waals surface area contributed by atoms with Crippen LogP contribution >= 0.6 is 15.9 Å². The molecule has 1 aliphatic heterocycles. The van der Waals surface area contributed by atoms with E-state index in [0.717, 1.165) is 15.6 Å². The van der Waals surface area contributed by atoms with E-state index in [1.165, 1.54) is 0 Å². The largest absolute Gasteiger partial charge is 0.497 e. The number of rotatable bonds is 5. The first kappa shape index (κ1) is 20.5. The summed E-state index contributed by atoms with van der Waals surface area (Å²) in [5.74, 6) is 1.33. The SMILES string of the molecule is COc1ccc(-n2c(CCN3Cc4cc(Br)ccc4C3=O)nc3ccccc3c2=O)cc1. The van der Waals surface area contributed by atoms with Crippen LogP contribution in [0, 0.1) is 0 Å². The van der Waals surface area contributed by atoms with Gasteiger partial charge < -0.3 is 9.64 Å². The van der Waals surface area contributed by atoms with Gasteiger partial charge in [-0.25, -0.2) is 4.98 Å². The third kappa shape index (κ3) is 3.58. The summed E-state index contributed by atoms with van der Waals surface area (Å²) in [5, 5.41) is 0.557. The summed E-state index contributed by atoms with van der Waals surface area (Å²) in [6.45, 7) is 1.01. The van der Waals surface area contributed by atoms with Crippen LogP contribution in [0.4, 0.5) is 0 Å². The molecule has 6 nitrogen and oxygen atoms in total. The summed E-state index contributed by atoms with van der Waals surface area (Å²) in [7, 11) is 1.60. The van der Waals surface area contributed by atoms with Gasteiger partial charge in [-0.2, -0.15) is 0 Å². The zero-order valence-electron chi connectivity index (χ0n) is 17.4. The minimum atomic E-state index is -0.129. The van der Waals surface area contributed by atoms with Crippen LogP contribution in [0.2, 0.25) is 0 Å². The fourth-order valence-electron chi connectivity index (χ4n) is 4.11. The molecule has 32 heavy (non-hydrogen) atoms. The van der Waals surface area contributed by atoms with Gasteiger partial charge in [-0.15, -0.1) is 0 Å². The highest BCUT2D eigenvalue weighted by atomic mass is 79.9. The molecule has 0 bridgehead atoms. The first-order valence-corrected chi connectivity index (χ1v) is 11.1. The van der Waals surface area contributed by atoms with Crippen molar-refractivity contribution < 1.29 is 9.53 Å². The molecule has 4 aromatic rings. The molecule has 3 aromatic carbocycles. The van der Waals surface area contributed by atoms with Crippen molar-refractivity contribution in [1.29, 1.82) is 0 Å². The summed E-state index contributed by atoms with van der Waals surface area (Å²) in [6, 6.07) is 20.4. The van der Waals surface area contributed by atoms with Crippen LogP contribution in [0.1, 0.15) is 21.7 Å². The number of halogens is 1. The van der Waals surface area contributed by atoms with Gasteiger partial charge in [0.15, 0.2) is 0 Å². The lowest BCUT2D eigenvalue weighted by Gasteiger charge is -2.18. The molecule has 5 rings (SSSR count). The number of carbonyl (C=O) groups excluding carboxylic acids is 1. The van der Waals surface area contributed by atoms with E-state index in [2.05, 4.69) is 15.9 Å². The van der Waals surface area contributed by atoms with Crippen LogP contribution < -0.4 is 10.3 Å². The third-order valence-corrected chi connectivity index (χ3v) is 6.22. The number of fused-ring (bicyclic) bond motifs is 2. The van der Waals surface area contributed by atoms with Crippen molar-refractivity contribution in [3.8, 4) is 11.4 Å². The van der Waals surface area contributed by atoms with Crippen LogP contribution in [0.3, 0.4) is 0 Å². The molecular weight excluding hydrogens is 470 g/mol. The van der Waals surface area contributed by atoms with Crippen molar-refractivity contribution in [3.05, 3.63) is 98.5 Å². The van der Waals surface area contributed by atoms with Crippen LogP contribution in [0.25, 0.3) is 16.6 Å². The van der Waals surface area contributed by atoms with Crippen LogP contribution in [0.15, 0.2) is 76.0 Å². The summed E-state index contributed by atoms with van der Waals surface area (Å²) >= 11 is 3.47. The maximum Gasteiger partial charge on any atom is 0.265 e. The number of ether oxygens (including phenoxy) is 1. The zero-order chi connectivity index (χ0) is 22.2. The molecule has 0 aliphatic carbocycles. The van der Waals surface area contributed by atoms with Crippen molar-refractivity contribution in [1.82, 2.24) is 14.5 Å². The Morgan fingerprint density at radius 1 is 1.03 bits per heavy atom. The molecule has 160 valence electrons. The molecule has 1 amide bonds. The second-order valence-electron chi connectivity index (χ2n) is 7.66. The van der Waals surface area contributed by atoms with Crippen molar-refractivity contribution in [2.45, 2.75) is 13.0 Å². The predicted molar refractivity (Wildman–Crippen MR) is 126 cm³/mol. The van der Waals surface area contributed by atoms with Crippen molar-refractivity contribution in [2.24, 2.45) is 0 Å². The minimum Gasteiger partial charge on any atom is -0.497 e. The van der Waals surface area contributed by atoms with Crippen LogP contribution in [-0.2, 0) is 13.0 Å². The molecule has 2 heterocycles. The monoisotopic (exact) mass is 489 g/mol. The maximum atomic E-state index is 13.4. The van der Waals surface area contributed by atoms with E-state index in [1.807, 2.05) is 60.7 Å². The average molecular weight is 490 g/mol. The molecule has 0 fully saturated rings. The van der Waals surface area contributed by atoms with Gasteiger partial charge in [0, 0.05) is 29.5 Å². The zero-order valence-corrected chi connectivity index (χ0v) is 19.0. The number of benzene rings is 3. The quantitative estimate of drug-likeness (QED) is 0.417. The van der Waals surface area contributed by atoms with Gasteiger partial charge in [0.25, 0.3) is 11.5 Å². The number of methoxy groups -OCH3 is 1. The van der Waals surface area contributed by atoms with Crippen molar-refractivity contribution in [3.63, 3.8) is 0 Å². The molecule has 0 unspecified atom stereocenters. The van der Waals surface area contributed by atoms with E-state index in [9.17, 15) is 9.59 Å². The number of hydrogen-bond acceptors (Lipinski definition) is 4. The molecule has 7 heteroatoms. The van der Waals surface area contributed by atoms with Gasteiger partial charge in [0.1, 0.15) is 11.6 Å². The Morgan fingerprint density at radius 2 is 1.81 bits per heavy atom. The second kappa shape index (κ2) is 8.24. The Labute approximate surface area is 193 Å². The molecule has 0 spiro atoms. The number of para-hydroxylation sites is 1. The van der Waals surface area contributed by atoms with Gasteiger partial charge in [-0.05, 0) is 60.2 Å². The van der Waals surface area contributed by atoms with Crippen molar-refractivity contribution in [2.75, 3.05) is 13.7 Å². The van der Waals surface area contributed by atoms with E-state index in [0.29, 0.717) is 47.7 Å². The lowest BCUT2D eigenvalue weighted by Crippen LogP contribution is -2.30. The van der Waals surface area contributed by atoms with Gasteiger partial charge >= 0.3 is 0 Å². The highest BCUT2D eigenvalue weighted by Crippen LogP contribution is 2.26. The summed E-state index contributed by atoms with van der Waals surface area (Å²) < 4.78 is 7.84. The average Bonchev–Trinajstić information content (AvgIpc) is 3.12. The molecule has 1 aliphatic rings. The topological polar surface area (TPSA) is 64.4 Å². The standard InChI is InChI=1S/C25H20BrN3O3/c1-32-19-9-7-18(8-10-19)29-23(27-22-5-3-2-4-21(22)25(29)31)12-13-28-15-16-14-17(26)6-11-20(16)24(28)30/h2-11,14H,12-13,15H2,1H3. The van der Waals surface area contributed by atoms with E-state index in [4.69, 9.17) is 9.72 Å². The molecule has 1 aromatic heterocycles. The molecule has 0 saturated carbocycles. The number of carbonyl (C=O) groups is 1. The number of hydrogen-bond donors (Lipinski definition) is 0. The van der Waals surface area contributed by atoms with Crippen LogP contribution in [-0.4, -0.2) is 34.0 Å². The van der Waals surface area contributed by atoms with Gasteiger partial charge in [0.05, 0.1) is 23.7 Å². The Bertz CT molecular complexity index is 1400. The Hall–Kier alpha value is -3.45. The second-order valence-corrected chi connectivity index (χ2v) is 8.58. The first-order valence-electron chi connectivity index (χ1n) is 10.3. The third-order valence-electron chi connectivity index (χ3n) is 5.73. The number of amides is 1. The normalized spacial score (nSPS) is 12.9. The molecule has 0 saturated heterocycles. The molecule has 0 radical (unpaired) electrons. The molecule has 0 atom stereocenters. The van der Waals surface area contributed by atoms with E-state index in [-0.39, 0.29) is 11.5 Å². The minimum absolute atomic E-state index is 0.00614. The van der Waals surface area contributed by atoms with E-state index in [1.54, 1.807) is 22.6 Å². The van der Waals surface area contributed by atoms with Crippen LogP contribution in [0.5, 0.6) is 5.75 Å². The fraction of sp³-hybridized carbons (Fsp3) is 0.160. The smallest absolute Gasteiger partial charge is 0.265 e. The van der Waals surface area contributed by atoms with Gasteiger partial charge in [-0.3, -0.25) is 14.2 Å². The fourth-order valence-corrected chi connectivity index (χ4v) is 4.52. The summed E-state index contributed by atoms with van der Waals surface area (Å²) in [4.78, 5) is 32.8. The lowest BCUT2D eigenvalue weighted by atomic mass is 10.1. The number of aromatic nitrogens is 2. The highest BCUT2D eigenvalue weighted by Gasteiger charge is 2.27. The van der Waals surface area contributed by atoms with E-state index < -0.39 is 0 Å². The Kier molecular flexibility index (Phi) is 5.27. The lowest BCUT2D eigenvalue weighted by molar-refractivity contribution is 0.0779. The van der Waals surface area contributed by atoms with Crippen molar-refractivity contribution >= 4 is 32.7 Å². The first-order chi connectivity index (χ1) is 15.5.